The van der Waals surface area contributed by atoms with Gasteiger partial charge in [0.1, 0.15) is 0 Å². The van der Waals surface area contributed by atoms with Crippen LogP contribution in [0.3, 0.4) is 0 Å². The summed E-state index contributed by atoms with van der Waals surface area (Å²) in [6, 6.07) is 9.86. The van der Waals surface area contributed by atoms with Crippen LogP contribution in [0.2, 0.25) is 0 Å². The normalized spacial score (nSPS) is 11.6. The van der Waals surface area contributed by atoms with Gasteiger partial charge in [0.15, 0.2) is 9.84 Å². The molecule has 2 aromatic carbocycles. The second-order valence-electron chi connectivity index (χ2n) is 7.31. The molecule has 1 amide bonds. The number of sulfone groups is 1. The van der Waals surface area contributed by atoms with Crippen LogP contribution in [0.25, 0.3) is 11.0 Å². The second kappa shape index (κ2) is 7.91. The second-order valence-corrected chi connectivity index (χ2v) is 9.42. The minimum Gasteiger partial charge on any atom is -0.326 e. The molecule has 0 atom stereocenters. The Bertz CT molecular complexity index is 1380. The van der Waals surface area contributed by atoms with E-state index in [2.05, 4.69) is 5.32 Å². The molecule has 0 fully saturated rings. The predicted octanol–water partition coefficient (Wildman–Crippen LogP) is 1.66. The number of nitrogens with zero attached hydrogens (tertiary/aromatic N) is 2. The lowest BCUT2D eigenvalue weighted by molar-refractivity contribution is -0.115. The number of rotatable bonds is 5. The molecule has 0 saturated carbocycles. The Kier molecular flexibility index (Phi) is 5.67. The van der Waals surface area contributed by atoms with Crippen LogP contribution >= 0.6 is 0 Å². The SMILES string of the molecule is Cc1ccc(C)c(NC(=O)CCS(=O)(=O)c2ccc3c(c2)n(C)c(=O)c(=O)n3C)c1. The van der Waals surface area contributed by atoms with E-state index in [4.69, 9.17) is 0 Å². The van der Waals surface area contributed by atoms with E-state index in [0.717, 1.165) is 15.7 Å². The van der Waals surface area contributed by atoms with E-state index in [1.807, 2.05) is 32.0 Å². The maximum absolute atomic E-state index is 12.8. The number of aromatic nitrogens is 2. The molecular weight excluding hydrogens is 406 g/mol. The third-order valence-corrected chi connectivity index (χ3v) is 6.80. The van der Waals surface area contributed by atoms with E-state index < -0.39 is 26.9 Å². The molecular formula is C21H23N3O5S. The van der Waals surface area contributed by atoms with Crippen molar-refractivity contribution in [2.24, 2.45) is 14.1 Å². The molecule has 30 heavy (non-hydrogen) atoms. The molecule has 0 radical (unpaired) electrons. The first kappa shape index (κ1) is 21.5. The number of anilines is 1. The Balaban J connectivity index is 1.84. The first-order chi connectivity index (χ1) is 14.0. The van der Waals surface area contributed by atoms with Gasteiger partial charge in [0.05, 0.1) is 21.7 Å². The van der Waals surface area contributed by atoms with Crippen molar-refractivity contribution in [1.29, 1.82) is 0 Å². The fourth-order valence-corrected chi connectivity index (χ4v) is 4.44. The summed E-state index contributed by atoms with van der Waals surface area (Å²) in [5.74, 6) is -0.780. The highest BCUT2D eigenvalue weighted by molar-refractivity contribution is 7.91. The van der Waals surface area contributed by atoms with Gasteiger partial charge in [-0.05, 0) is 49.2 Å². The molecule has 1 heterocycles. The molecule has 0 aliphatic heterocycles. The molecule has 0 aliphatic carbocycles. The van der Waals surface area contributed by atoms with Gasteiger partial charge in [-0.1, -0.05) is 12.1 Å². The van der Waals surface area contributed by atoms with Crippen molar-refractivity contribution in [3.63, 3.8) is 0 Å². The average molecular weight is 429 g/mol. The Hall–Kier alpha value is -3.20. The number of hydrogen-bond donors (Lipinski definition) is 1. The summed E-state index contributed by atoms with van der Waals surface area (Å²) in [5.41, 5.74) is 1.85. The quantitative estimate of drug-likeness (QED) is 0.621. The number of benzene rings is 2. The summed E-state index contributed by atoms with van der Waals surface area (Å²) < 4.78 is 27.8. The molecule has 0 bridgehead atoms. The largest absolute Gasteiger partial charge is 0.326 e. The first-order valence-corrected chi connectivity index (χ1v) is 11.0. The molecule has 0 saturated heterocycles. The smallest absolute Gasteiger partial charge is 0.316 e. The Morgan fingerprint density at radius 1 is 0.933 bits per heavy atom. The lowest BCUT2D eigenvalue weighted by Gasteiger charge is -2.12. The number of carbonyl (C=O) groups is 1. The van der Waals surface area contributed by atoms with E-state index in [1.54, 1.807) is 0 Å². The maximum Gasteiger partial charge on any atom is 0.316 e. The number of fused-ring (bicyclic) bond motifs is 1. The molecule has 3 rings (SSSR count). The highest BCUT2D eigenvalue weighted by Crippen LogP contribution is 2.20. The Morgan fingerprint density at radius 3 is 2.23 bits per heavy atom. The molecule has 158 valence electrons. The van der Waals surface area contributed by atoms with Crippen molar-refractivity contribution >= 4 is 32.5 Å². The summed E-state index contributed by atoms with van der Waals surface area (Å²) in [7, 11) is -0.901. The van der Waals surface area contributed by atoms with Crippen molar-refractivity contribution in [2.45, 2.75) is 25.2 Å². The topological polar surface area (TPSA) is 107 Å². The van der Waals surface area contributed by atoms with E-state index in [9.17, 15) is 22.8 Å². The van der Waals surface area contributed by atoms with E-state index in [0.29, 0.717) is 16.7 Å². The Labute approximate surface area is 173 Å². The van der Waals surface area contributed by atoms with E-state index in [1.165, 1.54) is 36.9 Å². The van der Waals surface area contributed by atoms with Gasteiger partial charge in [-0.15, -0.1) is 0 Å². The predicted molar refractivity (Wildman–Crippen MR) is 116 cm³/mol. The zero-order valence-corrected chi connectivity index (χ0v) is 18.0. The van der Waals surface area contributed by atoms with Gasteiger partial charge in [0.2, 0.25) is 5.91 Å². The van der Waals surface area contributed by atoms with Gasteiger partial charge in [-0.3, -0.25) is 14.4 Å². The van der Waals surface area contributed by atoms with Gasteiger partial charge in [-0.25, -0.2) is 8.42 Å². The number of carbonyl (C=O) groups excluding carboxylic acids is 1. The molecule has 3 aromatic rings. The average Bonchev–Trinajstić information content (AvgIpc) is 2.71. The molecule has 0 spiro atoms. The first-order valence-electron chi connectivity index (χ1n) is 9.31. The molecule has 1 aromatic heterocycles. The van der Waals surface area contributed by atoms with Crippen LogP contribution in [-0.2, 0) is 28.7 Å². The van der Waals surface area contributed by atoms with Crippen LogP contribution in [0.5, 0.6) is 0 Å². The lowest BCUT2D eigenvalue weighted by atomic mass is 10.1. The van der Waals surface area contributed by atoms with E-state index >= 15 is 0 Å². The summed E-state index contributed by atoms with van der Waals surface area (Å²) in [4.78, 5) is 36.2. The molecule has 0 aliphatic rings. The van der Waals surface area contributed by atoms with Crippen LogP contribution in [0.4, 0.5) is 5.69 Å². The molecule has 1 N–H and O–H groups in total. The van der Waals surface area contributed by atoms with Crippen molar-refractivity contribution in [2.75, 3.05) is 11.1 Å². The number of aryl methyl sites for hydroxylation is 4. The molecule has 9 heteroatoms. The van der Waals surface area contributed by atoms with Crippen molar-refractivity contribution in [1.82, 2.24) is 9.13 Å². The zero-order valence-electron chi connectivity index (χ0n) is 17.2. The van der Waals surface area contributed by atoms with Crippen molar-refractivity contribution in [3.8, 4) is 0 Å². The Morgan fingerprint density at radius 2 is 1.57 bits per heavy atom. The van der Waals surface area contributed by atoms with Crippen LogP contribution in [-0.4, -0.2) is 29.2 Å². The standard InChI is InChI=1S/C21H23N3O5S/c1-13-5-6-14(2)16(11-13)22-19(25)9-10-30(28,29)15-7-8-17-18(12-15)24(4)21(27)20(26)23(17)3/h5-8,11-12H,9-10H2,1-4H3,(H,22,25). The fraction of sp³-hybridized carbons (Fsp3) is 0.286. The summed E-state index contributed by atoms with van der Waals surface area (Å²) >= 11 is 0. The van der Waals surface area contributed by atoms with E-state index in [-0.39, 0.29) is 17.1 Å². The highest BCUT2D eigenvalue weighted by Gasteiger charge is 2.19. The van der Waals surface area contributed by atoms with Gasteiger partial charge in [0.25, 0.3) is 0 Å². The number of hydrogen-bond acceptors (Lipinski definition) is 5. The molecule has 8 nitrogen and oxygen atoms in total. The van der Waals surface area contributed by atoms with Crippen molar-refractivity contribution in [3.05, 3.63) is 68.2 Å². The summed E-state index contributed by atoms with van der Waals surface area (Å²) in [6.45, 7) is 3.76. The fourth-order valence-electron chi connectivity index (χ4n) is 3.18. The van der Waals surface area contributed by atoms with Gasteiger partial charge in [0, 0.05) is 26.2 Å². The molecule has 0 unspecified atom stereocenters. The summed E-state index contributed by atoms with van der Waals surface area (Å²) in [5, 5.41) is 2.75. The number of nitrogens with one attached hydrogen (secondary N) is 1. The lowest BCUT2D eigenvalue weighted by Crippen LogP contribution is -2.39. The van der Waals surface area contributed by atoms with Crippen LogP contribution < -0.4 is 16.4 Å². The van der Waals surface area contributed by atoms with Gasteiger partial charge >= 0.3 is 11.1 Å². The minimum atomic E-state index is -3.77. The van der Waals surface area contributed by atoms with Crippen LogP contribution in [0, 0.1) is 13.8 Å². The third-order valence-electron chi connectivity index (χ3n) is 5.09. The van der Waals surface area contributed by atoms with Gasteiger partial charge < -0.3 is 14.5 Å². The monoisotopic (exact) mass is 429 g/mol. The van der Waals surface area contributed by atoms with Crippen molar-refractivity contribution < 1.29 is 13.2 Å². The maximum atomic E-state index is 12.8. The minimum absolute atomic E-state index is 0.0109. The summed E-state index contributed by atoms with van der Waals surface area (Å²) in [6.07, 6.45) is -0.208. The number of amides is 1. The van der Waals surface area contributed by atoms with Crippen LogP contribution in [0.15, 0.2) is 50.9 Å². The van der Waals surface area contributed by atoms with Gasteiger partial charge in [-0.2, -0.15) is 0 Å². The zero-order chi connectivity index (χ0) is 22.2. The highest BCUT2D eigenvalue weighted by atomic mass is 32.2. The van der Waals surface area contributed by atoms with Crippen LogP contribution in [0.1, 0.15) is 17.5 Å². The third kappa shape index (κ3) is 4.06.